The molecule has 4 fully saturated rings. The Bertz CT molecular complexity index is 510. The molecule has 4 rings (SSSR count). The van der Waals surface area contributed by atoms with Crippen molar-refractivity contribution in [1.29, 1.82) is 0 Å². The maximum absolute atomic E-state index is 12.5. The summed E-state index contributed by atoms with van der Waals surface area (Å²) in [6, 6.07) is 0.0748. The molecule has 24 heavy (non-hydrogen) atoms. The number of hydrogen-bond donors (Lipinski definition) is 2. The van der Waals surface area contributed by atoms with Crippen LogP contribution in [-0.2, 0) is 9.53 Å². The topological polar surface area (TPSA) is 65.0 Å². The van der Waals surface area contributed by atoms with E-state index in [2.05, 4.69) is 10.2 Å². The standard InChI is InChI=1S/C18H31N3O3/c1-13-16(23)21-14(11-24-17(21,2)12-19-13)4-3-8-20-9-7-18(5-6-18)15(22)10-20/h13-15,19,22H,3-12H2,1-2H3/t13-,14-,15+,17?/m0/s1. The molecule has 3 heterocycles. The van der Waals surface area contributed by atoms with E-state index in [4.69, 9.17) is 4.74 Å². The quantitative estimate of drug-likeness (QED) is 0.784. The van der Waals surface area contributed by atoms with Gasteiger partial charge >= 0.3 is 0 Å². The zero-order valence-electron chi connectivity index (χ0n) is 15.0. The highest BCUT2D eigenvalue weighted by Gasteiger charge is 2.52. The summed E-state index contributed by atoms with van der Waals surface area (Å²) in [6.07, 6.45) is 5.46. The number of ether oxygens (including phenoxy) is 1. The van der Waals surface area contributed by atoms with Crippen LogP contribution in [0, 0.1) is 5.41 Å². The fourth-order valence-electron chi connectivity index (χ4n) is 4.78. The van der Waals surface area contributed by atoms with Crippen LogP contribution in [0.25, 0.3) is 0 Å². The van der Waals surface area contributed by atoms with E-state index in [1.165, 1.54) is 12.8 Å². The fraction of sp³-hybridized carbons (Fsp3) is 0.944. The van der Waals surface area contributed by atoms with Crippen LogP contribution in [0.2, 0.25) is 0 Å². The van der Waals surface area contributed by atoms with Crippen molar-refractivity contribution in [2.75, 3.05) is 32.8 Å². The van der Waals surface area contributed by atoms with Crippen molar-refractivity contribution >= 4 is 5.91 Å². The summed E-state index contributed by atoms with van der Waals surface area (Å²) < 4.78 is 5.96. The number of rotatable bonds is 4. The van der Waals surface area contributed by atoms with E-state index in [0.29, 0.717) is 13.2 Å². The maximum Gasteiger partial charge on any atom is 0.242 e. The van der Waals surface area contributed by atoms with Gasteiger partial charge in [-0.15, -0.1) is 0 Å². The zero-order chi connectivity index (χ0) is 16.9. The molecule has 0 aromatic heterocycles. The minimum absolute atomic E-state index is 0.116. The van der Waals surface area contributed by atoms with Crippen LogP contribution in [0.5, 0.6) is 0 Å². The molecule has 3 saturated heterocycles. The van der Waals surface area contributed by atoms with Gasteiger partial charge in [0, 0.05) is 13.1 Å². The Morgan fingerprint density at radius 2 is 2.17 bits per heavy atom. The van der Waals surface area contributed by atoms with E-state index in [0.717, 1.165) is 38.9 Å². The summed E-state index contributed by atoms with van der Waals surface area (Å²) in [7, 11) is 0. The van der Waals surface area contributed by atoms with Gasteiger partial charge in [0.05, 0.1) is 24.8 Å². The number of fused-ring (bicyclic) bond motifs is 1. The molecule has 0 aromatic rings. The van der Waals surface area contributed by atoms with Gasteiger partial charge in [-0.25, -0.2) is 0 Å². The molecule has 0 radical (unpaired) electrons. The van der Waals surface area contributed by atoms with Gasteiger partial charge in [-0.2, -0.15) is 0 Å². The summed E-state index contributed by atoms with van der Waals surface area (Å²) in [5.74, 6) is 0.162. The molecule has 0 aromatic carbocycles. The van der Waals surface area contributed by atoms with E-state index in [9.17, 15) is 9.90 Å². The lowest BCUT2D eigenvalue weighted by Crippen LogP contribution is -2.65. The van der Waals surface area contributed by atoms with E-state index in [1.807, 2.05) is 18.7 Å². The van der Waals surface area contributed by atoms with Crippen molar-refractivity contribution in [3.8, 4) is 0 Å². The third-order valence-electron chi connectivity index (χ3n) is 6.77. The normalized spacial score (nSPS) is 41.7. The predicted octanol–water partition coefficient (Wildman–Crippen LogP) is 0.549. The van der Waals surface area contributed by atoms with Crippen LogP contribution in [0.15, 0.2) is 0 Å². The molecule has 4 atom stereocenters. The molecule has 136 valence electrons. The number of likely N-dealkylation sites (tertiary alicyclic amines) is 1. The van der Waals surface area contributed by atoms with E-state index in [1.54, 1.807) is 0 Å². The van der Waals surface area contributed by atoms with Crippen molar-refractivity contribution < 1.29 is 14.6 Å². The number of piperidine rings is 1. The molecule has 4 aliphatic rings. The minimum Gasteiger partial charge on any atom is -0.391 e. The molecular weight excluding hydrogens is 306 g/mol. The molecular formula is C18H31N3O3. The largest absolute Gasteiger partial charge is 0.391 e. The van der Waals surface area contributed by atoms with E-state index >= 15 is 0 Å². The van der Waals surface area contributed by atoms with Crippen molar-refractivity contribution in [1.82, 2.24) is 15.1 Å². The average molecular weight is 337 g/mol. The first-order valence-corrected chi connectivity index (χ1v) is 9.55. The molecule has 1 unspecified atom stereocenters. The van der Waals surface area contributed by atoms with E-state index < -0.39 is 5.72 Å². The van der Waals surface area contributed by atoms with E-state index in [-0.39, 0.29) is 29.5 Å². The number of piperazine rings is 1. The number of carbonyl (C=O) groups excluding carboxylic acids is 1. The Labute approximate surface area is 144 Å². The number of aliphatic hydroxyl groups is 1. The Morgan fingerprint density at radius 1 is 1.38 bits per heavy atom. The van der Waals surface area contributed by atoms with Gasteiger partial charge in [0.15, 0.2) is 5.72 Å². The zero-order valence-corrected chi connectivity index (χ0v) is 15.0. The maximum atomic E-state index is 12.5. The van der Waals surface area contributed by atoms with Crippen LogP contribution < -0.4 is 5.32 Å². The van der Waals surface area contributed by atoms with Gasteiger partial charge in [-0.1, -0.05) is 0 Å². The molecule has 6 nitrogen and oxygen atoms in total. The monoisotopic (exact) mass is 337 g/mol. The van der Waals surface area contributed by atoms with Crippen molar-refractivity contribution in [3.63, 3.8) is 0 Å². The first-order valence-electron chi connectivity index (χ1n) is 9.55. The number of hydrogen-bond acceptors (Lipinski definition) is 5. The molecule has 1 saturated carbocycles. The second-order valence-electron chi connectivity index (χ2n) is 8.52. The number of nitrogens with one attached hydrogen (secondary N) is 1. The highest BCUT2D eigenvalue weighted by molar-refractivity contribution is 5.83. The van der Waals surface area contributed by atoms with Gasteiger partial charge in [0.25, 0.3) is 0 Å². The van der Waals surface area contributed by atoms with Gasteiger partial charge in [0.1, 0.15) is 0 Å². The number of aliphatic hydroxyl groups excluding tert-OH is 1. The third kappa shape index (κ3) is 2.77. The second kappa shape index (κ2) is 5.94. The van der Waals surface area contributed by atoms with Crippen LogP contribution >= 0.6 is 0 Å². The van der Waals surface area contributed by atoms with Gasteiger partial charge in [-0.3, -0.25) is 4.79 Å². The van der Waals surface area contributed by atoms with Gasteiger partial charge < -0.3 is 25.0 Å². The number of β-amino-alcohol motifs (C(OH)–C–C–N with tert-alkyl or cyclic N) is 1. The molecule has 6 heteroatoms. The molecule has 1 spiro atoms. The number of nitrogens with zero attached hydrogens (tertiary/aromatic N) is 2. The van der Waals surface area contributed by atoms with Crippen LogP contribution in [0.3, 0.4) is 0 Å². The molecule has 0 bridgehead atoms. The highest BCUT2D eigenvalue weighted by Crippen LogP contribution is 2.53. The molecule has 3 aliphatic heterocycles. The third-order valence-corrected chi connectivity index (χ3v) is 6.77. The fourth-order valence-corrected chi connectivity index (χ4v) is 4.78. The van der Waals surface area contributed by atoms with Gasteiger partial charge in [0.2, 0.25) is 5.91 Å². The Hall–Kier alpha value is -0.690. The highest BCUT2D eigenvalue weighted by atomic mass is 16.5. The second-order valence-corrected chi connectivity index (χ2v) is 8.52. The predicted molar refractivity (Wildman–Crippen MR) is 90.4 cm³/mol. The first kappa shape index (κ1) is 16.8. The van der Waals surface area contributed by atoms with Crippen molar-refractivity contribution in [2.24, 2.45) is 5.41 Å². The number of amides is 1. The Balaban J connectivity index is 1.28. The summed E-state index contributed by atoms with van der Waals surface area (Å²) in [5, 5.41) is 13.5. The first-order chi connectivity index (χ1) is 11.4. The van der Waals surface area contributed by atoms with Crippen LogP contribution in [-0.4, -0.2) is 77.5 Å². The summed E-state index contributed by atoms with van der Waals surface area (Å²) in [6.45, 7) is 8.23. The van der Waals surface area contributed by atoms with Crippen molar-refractivity contribution in [2.45, 2.75) is 69.9 Å². The van der Waals surface area contributed by atoms with Crippen molar-refractivity contribution in [3.05, 3.63) is 0 Å². The Kier molecular flexibility index (Phi) is 4.15. The Morgan fingerprint density at radius 3 is 2.88 bits per heavy atom. The smallest absolute Gasteiger partial charge is 0.242 e. The molecule has 1 aliphatic carbocycles. The lowest BCUT2D eigenvalue weighted by molar-refractivity contribution is -0.157. The lowest BCUT2D eigenvalue weighted by Gasteiger charge is -2.43. The number of carbonyl (C=O) groups is 1. The SMILES string of the molecule is C[C@@H]1NCC2(C)OC[C@H](CCCN3CCC4(CC4)[C@H](O)C3)N2C1=O. The lowest BCUT2D eigenvalue weighted by atomic mass is 9.90. The van der Waals surface area contributed by atoms with Gasteiger partial charge in [-0.05, 0) is 64.5 Å². The van der Waals surface area contributed by atoms with Crippen LogP contribution in [0.4, 0.5) is 0 Å². The average Bonchev–Trinajstić information content (AvgIpc) is 3.26. The molecule has 1 amide bonds. The summed E-state index contributed by atoms with van der Waals surface area (Å²) in [5.41, 5.74) is -0.200. The molecule has 2 N–H and O–H groups in total. The van der Waals surface area contributed by atoms with Crippen LogP contribution in [0.1, 0.15) is 46.0 Å². The summed E-state index contributed by atoms with van der Waals surface area (Å²) >= 11 is 0. The summed E-state index contributed by atoms with van der Waals surface area (Å²) in [4.78, 5) is 16.9. The minimum atomic E-state index is -0.478.